The molecular weight excluding hydrogens is 322 g/mol. The Hall–Kier alpha value is -1.07. The van der Waals surface area contributed by atoms with Crippen LogP contribution < -0.4 is 5.32 Å². The Labute approximate surface area is 128 Å². The highest BCUT2D eigenvalue weighted by molar-refractivity contribution is 9.10. The highest BCUT2D eigenvalue weighted by Gasteiger charge is 2.40. The van der Waals surface area contributed by atoms with Crippen molar-refractivity contribution in [3.8, 4) is 0 Å². The molecule has 1 N–H and O–H groups in total. The van der Waals surface area contributed by atoms with Gasteiger partial charge in [-0.25, -0.2) is 4.79 Å². The van der Waals surface area contributed by atoms with Crippen molar-refractivity contribution in [1.29, 1.82) is 0 Å². The van der Waals surface area contributed by atoms with Gasteiger partial charge in [-0.15, -0.1) is 0 Å². The van der Waals surface area contributed by atoms with Crippen molar-refractivity contribution in [3.05, 3.63) is 28.7 Å². The maximum absolute atomic E-state index is 12.4. The molecule has 110 valence electrons. The summed E-state index contributed by atoms with van der Waals surface area (Å²) in [6.07, 6.45) is 2.20. The van der Waals surface area contributed by atoms with Crippen LogP contribution in [0.5, 0.6) is 0 Å². The Balaban J connectivity index is 2.20. The summed E-state index contributed by atoms with van der Waals surface area (Å²) in [6.45, 7) is 3.49. The smallest absolute Gasteiger partial charge is 0.331 e. The molecule has 0 bridgehead atoms. The molecule has 2 rings (SSSR count). The fourth-order valence-corrected chi connectivity index (χ4v) is 2.67. The number of esters is 1. The van der Waals surface area contributed by atoms with Crippen LogP contribution in [-0.4, -0.2) is 31.3 Å². The molecule has 0 amide bonds. The molecule has 0 radical (unpaired) electrons. The second kappa shape index (κ2) is 7.09. The van der Waals surface area contributed by atoms with E-state index in [4.69, 9.17) is 9.47 Å². The molecule has 0 aromatic heterocycles. The standard InChI is InChI=1S/C15H20BrNO3/c1-2-20-14(18)15(8-3-10-19-11-9-15)17-13-6-4-12(16)5-7-13/h4-7,17H,2-3,8-11H2,1H3. The molecule has 0 saturated carbocycles. The van der Waals surface area contributed by atoms with Crippen LogP contribution in [-0.2, 0) is 14.3 Å². The third-order valence-electron chi connectivity index (χ3n) is 3.46. The molecule has 4 nitrogen and oxygen atoms in total. The predicted octanol–water partition coefficient (Wildman–Crippen LogP) is 3.36. The average Bonchev–Trinajstić information content (AvgIpc) is 2.68. The van der Waals surface area contributed by atoms with Gasteiger partial charge in [0.05, 0.1) is 6.61 Å². The molecule has 1 atom stereocenters. The van der Waals surface area contributed by atoms with Gasteiger partial charge in [0.1, 0.15) is 5.54 Å². The van der Waals surface area contributed by atoms with Crippen LogP contribution in [0, 0.1) is 0 Å². The first kappa shape index (κ1) is 15.3. The second-order valence-electron chi connectivity index (χ2n) is 4.90. The van der Waals surface area contributed by atoms with Crippen molar-refractivity contribution in [2.75, 3.05) is 25.1 Å². The molecule has 1 aromatic carbocycles. The summed E-state index contributed by atoms with van der Waals surface area (Å²) >= 11 is 3.41. The maximum atomic E-state index is 12.4. The maximum Gasteiger partial charge on any atom is 0.331 e. The fraction of sp³-hybridized carbons (Fsp3) is 0.533. The van der Waals surface area contributed by atoms with E-state index in [0.29, 0.717) is 26.2 Å². The number of rotatable bonds is 4. The van der Waals surface area contributed by atoms with Crippen LogP contribution in [0.2, 0.25) is 0 Å². The molecule has 1 aliphatic rings. The summed E-state index contributed by atoms with van der Waals surface area (Å²) in [7, 11) is 0. The number of carbonyl (C=O) groups is 1. The Morgan fingerprint density at radius 1 is 1.35 bits per heavy atom. The van der Waals surface area contributed by atoms with Crippen molar-refractivity contribution in [2.45, 2.75) is 31.7 Å². The van der Waals surface area contributed by atoms with Gasteiger partial charge < -0.3 is 14.8 Å². The molecule has 1 fully saturated rings. The van der Waals surface area contributed by atoms with E-state index in [2.05, 4.69) is 21.2 Å². The molecule has 0 aliphatic carbocycles. The van der Waals surface area contributed by atoms with Crippen LogP contribution in [0.1, 0.15) is 26.2 Å². The van der Waals surface area contributed by atoms with E-state index in [1.807, 2.05) is 31.2 Å². The van der Waals surface area contributed by atoms with Gasteiger partial charge in [-0.1, -0.05) is 15.9 Å². The summed E-state index contributed by atoms with van der Waals surface area (Å²) in [5.41, 5.74) is 0.239. The van der Waals surface area contributed by atoms with Gasteiger partial charge in [-0.3, -0.25) is 0 Å². The number of nitrogens with one attached hydrogen (secondary N) is 1. The first-order valence-electron chi connectivity index (χ1n) is 6.95. The van der Waals surface area contributed by atoms with Crippen LogP contribution in [0.4, 0.5) is 5.69 Å². The Bertz CT molecular complexity index is 439. The molecule has 1 unspecified atom stereocenters. The second-order valence-corrected chi connectivity index (χ2v) is 5.82. The van der Waals surface area contributed by atoms with E-state index in [1.54, 1.807) is 0 Å². The van der Waals surface area contributed by atoms with Crippen LogP contribution in [0.25, 0.3) is 0 Å². The number of halogens is 1. The van der Waals surface area contributed by atoms with E-state index in [-0.39, 0.29) is 5.97 Å². The van der Waals surface area contributed by atoms with Crippen LogP contribution >= 0.6 is 15.9 Å². The summed E-state index contributed by atoms with van der Waals surface area (Å²) in [6, 6.07) is 7.82. The first-order valence-corrected chi connectivity index (χ1v) is 7.74. The van der Waals surface area contributed by atoms with Crippen LogP contribution in [0.15, 0.2) is 28.7 Å². The highest BCUT2D eigenvalue weighted by Crippen LogP contribution is 2.28. The van der Waals surface area contributed by atoms with Crippen LogP contribution in [0.3, 0.4) is 0 Å². The van der Waals surface area contributed by atoms with Crippen molar-refractivity contribution < 1.29 is 14.3 Å². The summed E-state index contributed by atoms with van der Waals surface area (Å²) in [4.78, 5) is 12.4. The zero-order valence-corrected chi connectivity index (χ0v) is 13.2. The minimum absolute atomic E-state index is 0.187. The average molecular weight is 342 g/mol. The van der Waals surface area contributed by atoms with Crippen molar-refractivity contribution in [3.63, 3.8) is 0 Å². The minimum atomic E-state index is -0.680. The SMILES string of the molecule is CCOC(=O)C1(Nc2ccc(Br)cc2)CCCOCC1. The van der Waals surface area contributed by atoms with E-state index in [9.17, 15) is 4.79 Å². The van der Waals surface area contributed by atoms with Gasteiger partial charge in [-0.05, 0) is 44.0 Å². The zero-order chi connectivity index (χ0) is 14.4. The largest absolute Gasteiger partial charge is 0.464 e. The Morgan fingerprint density at radius 2 is 2.10 bits per heavy atom. The number of benzene rings is 1. The summed E-state index contributed by atoms with van der Waals surface area (Å²) in [5.74, 6) is -0.187. The number of ether oxygens (including phenoxy) is 2. The summed E-state index contributed by atoms with van der Waals surface area (Å²) in [5, 5.41) is 3.37. The molecule has 20 heavy (non-hydrogen) atoms. The predicted molar refractivity (Wildman–Crippen MR) is 81.8 cm³/mol. The Kier molecular flexibility index (Phi) is 5.43. The number of anilines is 1. The normalized spacial score (nSPS) is 22.9. The van der Waals surface area contributed by atoms with E-state index < -0.39 is 5.54 Å². The molecule has 1 saturated heterocycles. The van der Waals surface area contributed by atoms with Gasteiger partial charge in [0, 0.05) is 29.8 Å². The van der Waals surface area contributed by atoms with E-state index in [1.165, 1.54) is 0 Å². The molecule has 1 aliphatic heterocycles. The van der Waals surface area contributed by atoms with E-state index in [0.717, 1.165) is 23.0 Å². The Morgan fingerprint density at radius 3 is 2.80 bits per heavy atom. The molecule has 0 spiro atoms. The lowest BCUT2D eigenvalue weighted by Crippen LogP contribution is -2.47. The monoisotopic (exact) mass is 341 g/mol. The lowest BCUT2D eigenvalue weighted by atomic mass is 9.90. The van der Waals surface area contributed by atoms with Gasteiger partial charge in [-0.2, -0.15) is 0 Å². The number of hydrogen-bond donors (Lipinski definition) is 1. The highest BCUT2D eigenvalue weighted by atomic mass is 79.9. The number of carbonyl (C=O) groups excluding carboxylic acids is 1. The first-order chi connectivity index (χ1) is 9.66. The van der Waals surface area contributed by atoms with Crippen molar-refractivity contribution in [2.24, 2.45) is 0 Å². The zero-order valence-electron chi connectivity index (χ0n) is 11.7. The molecular formula is C15H20BrNO3. The van der Waals surface area contributed by atoms with Crippen molar-refractivity contribution >= 4 is 27.6 Å². The van der Waals surface area contributed by atoms with Gasteiger partial charge in [0.25, 0.3) is 0 Å². The molecule has 1 aromatic rings. The lowest BCUT2D eigenvalue weighted by molar-refractivity contribution is -0.149. The fourth-order valence-electron chi connectivity index (χ4n) is 2.41. The van der Waals surface area contributed by atoms with Gasteiger partial charge in [0.2, 0.25) is 0 Å². The third-order valence-corrected chi connectivity index (χ3v) is 3.99. The van der Waals surface area contributed by atoms with E-state index >= 15 is 0 Å². The van der Waals surface area contributed by atoms with Crippen molar-refractivity contribution in [1.82, 2.24) is 0 Å². The third kappa shape index (κ3) is 3.73. The minimum Gasteiger partial charge on any atom is -0.464 e. The number of hydrogen-bond acceptors (Lipinski definition) is 4. The topological polar surface area (TPSA) is 47.6 Å². The molecule has 1 heterocycles. The molecule has 5 heteroatoms. The quantitative estimate of drug-likeness (QED) is 0.853. The van der Waals surface area contributed by atoms with Gasteiger partial charge in [0.15, 0.2) is 0 Å². The van der Waals surface area contributed by atoms with Gasteiger partial charge >= 0.3 is 5.97 Å². The summed E-state index contributed by atoms with van der Waals surface area (Å²) < 4.78 is 11.8. The lowest BCUT2D eigenvalue weighted by Gasteiger charge is -2.32.